The number of nitro groups is 1. The van der Waals surface area contributed by atoms with Crippen LogP contribution in [0.25, 0.3) is 11.0 Å². The zero-order valence-electron chi connectivity index (χ0n) is 16.8. The molecule has 172 valence electrons. The Morgan fingerprint density at radius 2 is 1.91 bits per heavy atom. The predicted molar refractivity (Wildman–Crippen MR) is 113 cm³/mol. The number of hydrogen-bond acceptors (Lipinski definition) is 8. The van der Waals surface area contributed by atoms with Crippen molar-refractivity contribution in [3.8, 4) is 0 Å². The second-order valence-corrected chi connectivity index (χ2v) is 7.59. The fourth-order valence-corrected chi connectivity index (χ4v) is 3.27. The number of amides is 1. The number of thioether (sulfide) groups is 1. The normalized spacial score (nSPS) is 12.2. The van der Waals surface area contributed by atoms with Gasteiger partial charge in [-0.2, -0.15) is 13.2 Å². The molecule has 0 aliphatic rings. The molecule has 9 nitrogen and oxygen atoms in total. The number of aromatic nitrogens is 2. The second-order valence-electron chi connectivity index (χ2n) is 6.59. The van der Waals surface area contributed by atoms with E-state index in [0.29, 0.717) is 22.1 Å². The number of hydrogen-bond donors (Lipinski definition) is 1. The Labute approximate surface area is 188 Å². The maximum absolute atomic E-state index is 13.2. The molecule has 0 aliphatic carbocycles. The van der Waals surface area contributed by atoms with Crippen LogP contribution in [-0.2, 0) is 20.5 Å². The van der Waals surface area contributed by atoms with E-state index in [9.17, 15) is 32.9 Å². The van der Waals surface area contributed by atoms with E-state index in [-0.39, 0.29) is 5.75 Å². The SMILES string of the molecule is CC(OC(=O)CSc1cnc2ccccc2n1)C(=O)Nc1ccc([N+](=O)[O-])cc1C(F)(F)F. The first kappa shape index (κ1) is 23.9. The molecule has 0 bridgehead atoms. The van der Waals surface area contributed by atoms with Crippen molar-refractivity contribution >= 4 is 46.0 Å². The van der Waals surface area contributed by atoms with E-state index in [1.165, 1.54) is 13.1 Å². The highest BCUT2D eigenvalue weighted by atomic mass is 32.2. The average Bonchev–Trinajstić information content (AvgIpc) is 2.76. The summed E-state index contributed by atoms with van der Waals surface area (Å²) in [6, 6.07) is 9.03. The number of rotatable bonds is 7. The molecule has 1 unspecified atom stereocenters. The van der Waals surface area contributed by atoms with Crippen LogP contribution in [0.5, 0.6) is 0 Å². The number of benzene rings is 2. The van der Waals surface area contributed by atoms with Gasteiger partial charge in [0.05, 0.1) is 39.2 Å². The number of nitrogens with one attached hydrogen (secondary N) is 1. The third kappa shape index (κ3) is 6.16. The second kappa shape index (κ2) is 9.81. The molecule has 3 rings (SSSR count). The Balaban J connectivity index is 1.60. The number of nitrogens with zero attached hydrogens (tertiary/aromatic N) is 3. The van der Waals surface area contributed by atoms with Gasteiger partial charge in [-0.05, 0) is 25.1 Å². The number of para-hydroxylation sites is 2. The summed E-state index contributed by atoms with van der Waals surface area (Å²) in [5, 5.41) is 13.2. The van der Waals surface area contributed by atoms with Gasteiger partial charge in [-0.25, -0.2) is 4.98 Å². The van der Waals surface area contributed by atoms with E-state index in [2.05, 4.69) is 9.97 Å². The highest BCUT2D eigenvalue weighted by Gasteiger charge is 2.36. The minimum absolute atomic E-state index is 0.212. The summed E-state index contributed by atoms with van der Waals surface area (Å²) in [4.78, 5) is 42.6. The Kier molecular flexibility index (Phi) is 7.11. The zero-order chi connectivity index (χ0) is 24.2. The van der Waals surface area contributed by atoms with E-state index in [1.807, 2.05) is 11.4 Å². The fraction of sp³-hybridized carbons (Fsp3) is 0.200. The smallest absolute Gasteiger partial charge is 0.418 e. The average molecular weight is 480 g/mol. The third-order valence-electron chi connectivity index (χ3n) is 4.22. The first-order valence-electron chi connectivity index (χ1n) is 9.25. The molecule has 13 heteroatoms. The molecule has 1 atom stereocenters. The molecule has 2 aromatic carbocycles. The Hall–Kier alpha value is -3.74. The standard InChI is InChI=1S/C20H15F3N4O5S/c1-11(19(29)26-14-7-6-12(27(30)31)8-13(14)20(21,22)23)32-18(28)10-33-17-9-24-15-4-2-3-5-16(15)25-17/h2-9,11H,10H2,1H3,(H,26,29). The fourth-order valence-electron chi connectivity index (χ4n) is 2.65. The van der Waals surface area contributed by atoms with E-state index < -0.39 is 46.0 Å². The Bertz CT molecular complexity index is 1220. The van der Waals surface area contributed by atoms with Gasteiger partial charge in [-0.15, -0.1) is 0 Å². The van der Waals surface area contributed by atoms with Crippen LogP contribution in [0.15, 0.2) is 53.7 Å². The molecular weight excluding hydrogens is 465 g/mol. The number of nitro benzene ring substituents is 1. The van der Waals surface area contributed by atoms with Gasteiger partial charge in [0.15, 0.2) is 6.10 Å². The largest absolute Gasteiger partial charge is 0.452 e. The van der Waals surface area contributed by atoms with Crippen LogP contribution in [0.1, 0.15) is 12.5 Å². The molecule has 1 heterocycles. The lowest BCUT2D eigenvalue weighted by molar-refractivity contribution is -0.385. The van der Waals surface area contributed by atoms with E-state index in [4.69, 9.17) is 4.74 Å². The van der Waals surface area contributed by atoms with Crippen molar-refractivity contribution in [2.24, 2.45) is 0 Å². The number of non-ortho nitro benzene ring substituents is 1. The van der Waals surface area contributed by atoms with Crippen LogP contribution in [0.4, 0.5) is 24.5 Å². The zero-order valence-corrected chi connectivity index (χ0v) is 17.6. The summed E-state index contributed by atoms with van der Waals surface area (Å²) in [6.45, 7) is 1.19. The highest BCUT2D eigenvalue weighted by Crippen LogP contribution is 2.37. The quantitative estimate of drug-likeness (QED) is 0.231. The summed E-state index contributed by atoms with van der Waals surface area (Å²) >= 11 is 1.02. The molecule has 0 spiro atoms. The first-order valence-corrected chi connectivity index (χ1v) is 10.2. The van der Waals surface area contributed by atoms with E-state index >= 15 is 0 Å². The lowest BCUT2D eigenvalue weighted by Gasteiger charge is -2.16. The molecule has 0 radical (unpaired) electrons. The molecule has 1 aromatic heterocycles. The van der Waals surface area contributed by atoms with Gasteiger partial charge in [-0.3, -0.25) is 24.7 Å². The van der Waals surface area contributed by atoms with Crippen molar-refractivity contribution in [3.63, 3.8) is 0 Å². The van der Waals surface area contributed by atoms with Gasteiger partial charge < -0.3 is 10.1 Å². The van der Waals surface area contributed by atoms with Crippen LogP contribution in [0, 0.1) is 10.1 Å². The van der Waals surface area contributed by atoms with Crippen molar-refractivity contribution in [2.75, 3.05) is 11.1 Å². The number of ether oxygens (including phenoxy) is 1. The van der Waals surface area contributed by atoms with Crippen molar-refractivity contribution in [1.82, 2.24) is 9.97 Å². The Morgan fingerprint density at radius 1 is 1.21 bits per heavy atom. The molecule has 0 aliphatic heterocycles. The van der Waals surface area contributed by atoms with Gasteiger partial charge in [0.25, 0.3) is 11.6 Å². The minimum Gasteiger partial charge on any atom is -0.452 e. The molecule has 0 saturated carbocycles. The maximum Gasteiger partial charge on any atom is 0.418 e. The van der Waals surface area contributed by atoms with Crippen LogP contribution >= 0.6 is 11.8 Å². The molecule has 0 fully saturated rings. The molecule has 1 N–H and O–H groups in total. The van der Waals surface area contributed by atoms with Crippen LogP contribution in [-0.4, -0.2) is 38.6 Å². The lowest BCUT2D eigenvalue weighted by Crippen LogP contribution is -2.31. The number of carbonyl (C=O) groups is 2. The van der Waals surface area contributed by atoms with Gasteiger partial charge in [-0.1, -0.05) is 23.9 Å². The molecule has 3 aromatic rings. The number of carbonyl (C=O) groups excluding carboxylic acids is 2. The number of fused-ring (bicyclic) bond motifs is 1. The molecule has 33 heavy (non-hydrogen) atoms. The number of esters is 1. The number of alkyl halides is 3. The van der Waals surface area contributed by atoms with Crippen molar-refractivity contribution in [2.45, 2.75) is 24.2 Å². The van der Waals surface area contributed by atoms with Gasteiger partial charge in [0.1, 0.15) is 5.03 Å². The summed E-state index contributed by atoms with van der Waals surface area (Å²) < 4.78 is 44.7. The molecule has 0 saturated heterocycles. The van der Waals surface area contributed by atoms with Crippen LogP contribution < -0.4 is 5.32 Å². The highest BCUT2D eigenvalue weighted by molar-refractivity contribution is 7.99. The first-order chi connectivity index (χ1) is 15.5. The number of halogens is 3. The van der Waals surface area contributed by atoms with Crippen LogP contribution in [0.3, 0.4) is 0 Å². The minimum atomic E-state index is -4.95. The van der Waals surface area contributed by atoms with E-state index in [0.717, 1.165) is 23.9 Å². The molecule has 1 amide bonds. The van der Waals surface area contributed by atoms with Crippen molar-refractivity contribution < 1.29 is 32.4 Å². The van der Waals surface area contributed by atoms with Crippen molar-refractivity contribution in [1.29, 1.82) is 0 Å². The topological polar surface area (TPSA) is 124 Å². The van der Waals surface area contributed by atoms with E-state index in [1.54, 1.807) is 18.2 Å². The third-order valence-corrected chi connectivity index (χ3v) is 5.09. The summed E-state index contributed by atoms with van der Waals surface area (Å²) in [5.41, 5.74) is -1.56. The predicted octanol–water partition coefficient (Wildman–Crippen LogP) is 4.22. The Morgan fingerprint density at radius 3 is 2.58 bits per heavy atom. The number of anilines is 1. The molecular formula is C20H15F3N4O5S. The summed E-state index contributed by atoms with van der Waals surface area (Å²) in [7, 11) is 0. The van der Waals surface area contributed by atoms with Crippen molar-refractivity contribution in [3.05, 3.63) is 64.3 Å². The summed E-state index contributed by atoms with van der Waals surface area (Å²) in [5.74, 6) is -2.04. The monoisotopic (exact) mass is 480 g/mol. The maximum atomic E-state index is 13.2. The van der Waals surface area contributed by atoms with Gasteiger partial charge in [0, 0.05) is 12.1 Å². The summed E-state index contributed by atoms with van der Waals surface area (Å²) in [6.07, 6.45) is -4.90. The lowest BCUT2D eigenvalue weighted by atomic mass is 10.1. The van der Waals surface area contributed by atoms with Crippen LogP contribution in [0.2, 0.25) is 0 Å². The van der Waals surface area contributed by atoms with Gasteiger partial charge in [0.2, 0.25) is 0 Å². The van der Waals surface area contributed by atoms with Gasteiger partial charge >= 0.3 is 12.1 Å².